The Morgan fingerprint density at radius 3 is 2.65 bits per heavy atom. The molecule has 0 atom stereocenters. The third-order valence-corrected chi connectivity index (χ3v) is 2.05. The molecular weight excluding hydrogens is 222 g/mol. The second kappa shape index (κ2) is 8.55. The highest BCUT2D eigenvalue weighted by molar-refractivity contribution is 5.93. The number of hydrogen-bond acceptors (Lipinski definition) is 2. The molecule has 98 valence electrons. The van der Waals surface area contributed by atoms with E-state index in [9.17, 15) is 9.59 Å². The maximum atomic E-state index is 11.5. The molecule has 0 aliphatic heterocycles. The number of likely N-dealkylation sites (N-methyl/N-ethyl adjacent to an activating group) is 1. The van der Waals surface area contributed by atoms with Crippen LogP contribution in [0, 0.1) is 0 Å². The van der Waals surface area contributed by atoms with Crippen molar-refractivity contribution in [1.29, 1.82) is 0 Å². The summed E-state index contributed by atoms with van der Waals surface area (Å²) in [5.74, 6) is -2.50. The van der Waals surface area contributed by atoms with Crippen molar-refractivity contribution in [2.45, 2.75) is 39.0 Å². The summed E-state index contributed by atoms with van der Waals surface area (Å²) in [5.41, 5.74) is 5.42. The maximum absolute atomic E-state index is 11.5. The van der Waals surface area contributed by atoms with Gasteiger partial charge in [-0.05, 0) is 6.42 Å². The number of unbranched alkanes of at least 4 members (excludes halogenated alkanes) is 3. The van der Waals surface area contributed by atoms with Crippen LogP contribution in [0.2, 0.25) is 0 Å². The Morgan fingerprint density at radius 2 is 2.12 bits per heavy atom. The van der Waals surface area contributed by atoms with Gasteiger partial charge in [-0.1, -0.05) is 26.2 Å². The average Bonchev–Trinajstić information content (AvgIpc) is 2.30. The lowest BCUT2D eigenvalue weighted by Gasteiger charge is -2.14. The monoisotopic (exact) mass is 246 g/mol. The van der Waals surface area contributed by atoms with Crippen molar-refractivity contribution in [3.8, 4) is 0 Å². The smallest absolute Gasteiger partial charge is 0.323 e. The highest BCUT2D eigenvalue weighted by Gasteiger charge is 2.08. The first-order valence-electron chi connectivity index (χ1n) is 7.05. The van der Waals surface area contributed by atoms with Crippen LogP contribution < -0.4 is 5.73 Å². The van der Waals surface area contributed by atoms with Crippen molar-refractivity contribution >= 4 is 17.8 Å². The van der Waals surface area contributed by atoms with Gasteiger partial charge < -0.3 is 15.7 Å². The van der Waals surface area contributed by atoms with Crippen LogP contribution in [0.5, 0.6) is 0 Å². The van der Waals surface area contributed by atoms with E-state index in [1.54, 1.807) is 0 Å². The molecule has 0 saturated heterocycles. The molecule has 0 unspecified atom stereocenters. The van der Waals surface area contributed by atoms with E-state index in [1.165, 1.54) is 0 Å². The van der Waals surface area contributed by atoms with Crippen molar-refractivity contribution in [2.75, 3.05) is 13.5 Å². The minimum absolute atomic E-state index is 0.169. The molecule has 0 saturated carbocycles. The summed E-state index contributed by atoms with van der Waals surface area (Å²) in [4.78, 5) is 26.0. The molecule has 0 aromatic carbocycles. The predicted molar refractivity (Wildman–Crippen MR) is 65.7 cm³/mol. The van der Waals surface area contributed by atoms with Crippen LogP contribution in [0.3, 0.4) is 0 Å². The summed E-state index contributed by atoms with van der Waals surface area (Å²) in [6.45, 7) is -1.55. The molecule has 6 nitrogen and oxygen atoms in total. The molecule has 0 heterocycles. The zero-order valence-electron chi connectivity index (χ0n) is 13.0. The summed E-state index contributed by atoms with van der Waals surface area (Å²) in [7, 11) is 0. The number of guanidine groups is 1. The molecular formula is C11H21N3O3. The van der Waals surface area contributed by atoms with E-state index in [4.69, 9.17) is 15.0 Å². The number of aliphatic carboxylic acids is 1. The van der Waals surface area contributed by atoms with Gasteiger partial charge in [-0.25, -0.2) is 0 Å². The molecule has 0 spiro atoms. The van der Waals surface area contributed by atoms with Gasteiger partial charge in [0.05, 0.1) is 0 Å². The van der Waals surface area contributed by atoms with Gasteiger partial charge in [-0.15, -0.1) is 0 Å². The lowest BCUT2D eigenvalue weighted by molar-refractivity contribution is -0.137. The van der Waals surface area contributed by atoms with Gasteiger partial charge in [-0.2, -0.15) is 4.99 Å². The first-order chi connectivity index (χ1) is 9.18. The van der Waals surface area contributed by atoms with Crippen molar-refractivity contribution in [3.05, 3.63) is 0 Å². The largest absolute Gasteiger partial charge is 0.480 e. The predicted octanol–water partition coefficient (Wildman–Crippen LogP) is 0.814. The number of carboxylic acid groups (broad SMARTS) is 1. The van der Waals surface area contributed by atoms with Crippen LogP contribution in [0.4, 0.5) is 0 Å². The highest BCUT2D eigenvalue weighted by Crippen LogP contribution is 2.03. The summed E-state index contributed by atoms with van der Waals surface area (Å²) < 4.78 is 21.5. The normalized spacial score (nSPS) is 14.6. The molecule has 0 aliphatic carbocycles. The van der Waals surface area contributed by atoms with Crippen LogP contribution >= 0.6 is 0 Å². The molecule has 0 bridgehead atoms. The van der Waals surface area contributed by atoms with E-state index >= 15 is 0 Å². The number of hydrogen-bond donors (Lipinski definition) is 2. The fourth-order valence-electron chi connectivity index (χ4n) is 1.16. The molecule has 3 N–H and O–H groups in total. The van der Waals surface area contributed by atoms with Crippen LogP contribution in [0.1, 0.15) is 43.1 Å². The Hall–Kier alpha value is -1.59. The fraction of sp³-hybridized carbons (Fsp3) is 0.727. The van der Waals surface area contributed by atoms with Gasteiger partial charge in [-0.3, -0.25) is 9.59 Å². The van der Waals surface area contributed by atoms with Gasteiger partial charge in [0.25, 0.3) is 0 Å². The third kappa shape index (κ3) is 8.24. The number of nitrogens with zero attached hydrogens (tertiary/aromatic N) is 2. The molecule has 0 rings (SSSR count). The van der Waals surface area contributed by atoms with Crippen LogP contribution in [-0.4, -0.2) is 41.4 Å². The highest BCUT2D eigenvalue weighted by atomic mass is 16.4. The first kappa shape index (κ1) is 10.6. The van der Waals surface area contributed by atoms with Crippen molar-refractivity contribution in [1.82, 2.24) is 4.90 Å². The lowest BCUT2D eigenvalue weighted by Crippen LogP contribution is -2.38. The molecule has 0 aliphatic rings. The van der Waals surface area contributed by atoms with E-state index in [2.05, 4.69) is 4.99 Å². The molecule has 0 radical (unpaired) electrons. The molecule has 17 heavy (non-hydrogen) atoms. The topological polar surface area (TPSA) is 96.0 Å². The lowest BCUT2D eigenvalue weighted by atomic mass is 10.1. The molecule has 1 amide bonds. The summed E-state index contributed by atoms with van der Waals surface area (Å²) in [5, 5.41) is 8.64. The van der Waals surface area contributed by atoms with E-state index in [1.807, 2.05) is 6.92 Å². The van der Waals surface area contributed by atoms with Crippen LogP contribution in [-0.2, 0) is 9.59 Å². The maximum Gasteiger partial charge on any atom is 0.323 e. The molecule has 0 aromatic heterocycles. The number of carboxylic acids is 1. The number of carbonyl (C=O) groups is 2. The van der Waals surface area contributed by atoms with Gasteiger partial charge >= 0.3 is 5.97 Å². The van der Waals surface area contributed by atoms with E-state index in [-0.39, 0.29) is 6.42 Å². The Balaban J connectivity index is 4.62. The van der Waals surface area contributed by atoms with E-state index < -0.39 is 31.4 Å². The standard InChI is InChI=1S/C11H21N3O3/c1-3-4-5-6-7-9(15)13-11(12)14(2)8-10(16)17/h3-8H2,1-2H3,(H,16,17)(H2,12,13,15)/i2D3. The number of aliphatic imine (C=N–C) groups is 1. The van der Waals surface area contributed by atoms with Crippen LogP contribution in [0.25, 0.3) is 0 Å². The average molecular weight is 246 g/mol. The Bertz CT molecular complexity index is 370. The number of amides is 1. The molecule has 6 heteroatoms. The first-order valence-corrected chi connectivity index (χ1v) is 5.55. The molecule has 0 fully saturated rings. The Morgan fingerprint density at radius 1 is 1.41 bits per heavy atom. The van der Waals surface area contributed by atoms with Gasteiger partial charge in [0, 0.05) is 17.5 Å². The minimum atomic E-state index is -2.76. The SMILES string of the molecule is [2H]C([2H])([2H])N(CC(=O)O)C(N)=NC(=O)CCCCCC. The molecule has 0 aromatic rings. The summed E-state index contributed by atoms with van der Waals surface area (Å²) >= 11 is 0. The van der Waals surface area contributed by atoms with Gasteiger partial charge in [0.15, 0.2) is 5.96 Å². The van der Waals surface area contributed by atoms with Crippen molar-refractivity contribution in [3.63, 3.8) is 0 Å². The minimum Gasteiger partial charge on any atom is -0.480 e. The summed E-state index contributed by atoms with van der Waals surface area (Å²) in [6, 6.07) is 0. The number of rotatable bonds is 7. The quantitative estimate of drug-likeness (QED) is 0.394. The third-order valence-electron chi connectivity index (χ3n) is 2.05. The van der Waals surface area contributed by atoms with E-state index in [0.717, 1.165) is 19.3 Å². The van der Waals surface area contributed by atoms with Crippen molar-refractivity contribution < 1.29 is 18.8 Å². The Kier molecular flexibility index (Phi) is 5.31. The fourth-order valence-corrected chi connectivity index (χ4v) is 1.16. The zero-order valence-corrected chi connectivity index (χ0v) is 9.98. The number of nitrogens with two attached hydrogens (primary N) is 1. The summed E-state index contributed by atoms with van der Waals surface area (Å²) in [6.07, 6.45) is 3.74. The van der Waals surface area contributed by atoms with Crippen LogP contribution in [0.15, 0.2) is 4.99 Å². The second-order valence-electron chi connectivity index (χ2n) is 3.65. The zero-order chi connectivity index (χ0) is 15.8. The van der Waals surface area contributed by atoms with Gasteiger partial charge in [0.1, 0.15) is 6.54 Å². The van der Waals surface area contributed by atoms with Gasteiger partial charge in [0.2, 0.25) is 5.91 Å². The Labute approximate surface area is 106 Å². The van der Waals surface area contributed by atoms with E-state index in [0.29, 0.717) is 11.3 Å². The number of carbonyl (C=O) groups excluding carboxylic acids is 1. The van der Waals surface area contributed by atoms with Crippen molar-refractivity contribution in [2.24, 2.45) is 10.7 Å². The second-order valence-corrected chi connectivity index (χ2v) is 3.65.